The minimum Gasteiger partial charge on any atom is -0.481 e. The van der Waals surface area contributed by atoms with Gasteiger partial charge < -0.3 is 10.0 Å². The largest absolute Gasteiger partial charge is 0.481 e. The molecule has 108 valence electrons. The van der Waals surface area contributed by atoms with E-state index in [0.717, 1.165) is 5.56 Å². The van der Waals surface area contributed by atoms with E-state index in [0.29, 0.717) is 36.5 Å². The molecule has 0 unspecified atom stereocenters. The highest BCUT2D eigenvalue weighted by atomic mass is 35.5. The van der Waals surface area contributed by atoms with E-state index in [2.05, 4.69) is 0 Å². The summed E-state index contributed by atoms with van der Waals surface area (Å²) in [4.78, 5) is 25.3. The van der Waals surface area contributed by atoms with E-state index in [1.807, 2.05) is 6.92 Å². The van der Waals surface area contributed by atoms with Crippen molar-refractivity contribution in [1.29, 1.82) is 0 Å². The molecular weight excluding hydrogens is 278 g/mol. The van der Waals surface area contributed by atoms with Gasteiger partial charge in [0.25, 0.3) is 5.91 Å². The van der Waals surface area contributed by atoms with E-state index in [4.69, 9.17) is 11.6 Å². The first-order chi connectivity index (χ1) is 9.33. The fraction of sp³-hybridized carbons (Fsp3) is 0.467. The summed E-state index contributed by atoms with van der Waals surface area (Å²) in [6.45, 7) is 4.55. The van der Waals surface area contributed by atoms with Gasteiger partial charge >= 0.3 is 5.97 Å². The van der Waals surface area contributed by atoms with Crippen molar-refractivity contribution >= 4 is 23.5 Å². The number of nitrogens with zero attached hydrogens (tertiary/aromatic N) is 1. The Kier molecular flexibility index (Phi) is 4.04. The van der Waals surface area contributed by atoms with Crippen LogP contribution in [0.15, 0.2) is 18.2 Å². The predicted molar refractivity (Wildman–Crippen MR) is 77.1 cm³/mol. The summed E-state index contributed by atoms with van der Waals surface area (Å²) >= 11 is 5.95. The first-order valence-corrected chi connectivity index (χ1v) is 7.00. The lowest BCUT2D eigenvalue weighted by atomic mass is 9.80. The third-order valence-corrected chi connectivity index (χ3v) is 4.50. The molecule has 4 nitrogen and oxygen atoms in total. The van der Waals surface area contributed by atoms with E-state index >= 15 is 0 Å². The average Bonchev–Trinajstić information content (AvgIpc) is 2.42. The Balaban J connectivity index is 2.08. The Morgan fingerprint density at radius 3 is 2.40 bits per heavy atom. The van der Waals surface area contributed by atoms with Gasteiger partial charge in [-0.05, 0) is 50.5 Å². The molecule has 0 atom stereocenters. The highest BCUT2D eigenvalue weighted by Gasteiger charge is 2.38. The van der Waals surface area contributed by atoms with Crippen LogP contribution in [0.5, 0.6) is 0 Å². The van der Waals surface area contributed by atoms with Crippen molar-refractivity contribution in [2.24, 2.45) is 5.41 Å². The van der Waals surface area contributed by atoms with Crippen molar-refractivity contribution in [3.8, 4) is 0 Å². The van der Waals surface area contributed by atoms with Crippen molar-refractivity contribution in [3.63, 3.8) is 0 Å². The van der Waals surface area contributed by atoms with Gasteiger partial charge in [0.2, 0.25) is 0 Å². The van der Waals surface area contributed by atoms with Gasteiger partial charge in [-0.15, -0.1) is 0 Å². The molecular formula is C15H18ClNO3. The van der Waals surface area contributed by atoms with E-state index in [1.54, 1.807) is 30.0 Å². The quantitative estimate of drug-likeness (QED) is 0.912. The maximum atomic E-state index is 12.4. The summed E-state index contributed by atoms with van der Waals surface area (Å²) in [5.74, 6) is -0.843. The third kappa shape index (κ3) is 2.80. The number of carboxylic acids is 1. The number of likely N-dealkylation sites (tertiary alicyclic amines) is 1. The predicted octanol–water partition coefficient (Wildman–Crippen LogP) is 2.98. The maximum Gasteiger partial charge on any atom is 0.309 e. The van der Waals surface area contributed by atoms with Gasteiger partial charge in [-0.25, -0.2) is 0 Å². The molecule has 20 heavy (non-hydrogen) atoms. The Hall–Kier alpha value is -1.55. The van der Waals surface area contributed by atoms with E-state index in [1.165, 1.54) is 0 Å². The molecule has 2 rings (SSSR count). The number of rotatable bonds is 2. The zero-order chi connectivity index (χ0) is 14.9. The topological polar surface area (TPSA) is 57.6 Å². The molecule has 1 aromatic rings. The molecule has 1 heterocycles. The van der Waals surface area contributed by atoms with Crippen LogP contribution in [0.25, 0.3) is 0 Å². The molecule has 0 bridgehead atoms. The molecule has 0 aliphatic carbocycles. The molecule has 1 aliphatic rings. The van der Waals surface area contributed by atoms with Crippen molar-refractivity contribution in [1.82, 2.24) is 4.90 Å². The SMILES string of the molecule is Cc1cc(C(=O)N2CCC(C)(C(=O)O)CC2)ccc1Cl. The molecule has 0 saturated carbocycles. The first kappa shape index (κ1) is 14.9. The fourth-order valence-corrected chi connectivity index (χ4v) is 2.50. The summed E-state index contributed by atoms with van der Waals surface area (Å²) in [7, 11) is 0. The van der Waals surface area contributed by atoms with Crippen LogP contribution < -0.4 is 0 Å². The second-order valence-electron chi connectivity index (χ2n) is 5.62. The molecule has 1 amide bonds. The van der Waals surface area contributed by atoms with Crippen LogP contribution in [0.3, 0.4) is 0 Å². The Morgan fingerprint density at radius 2 is 1.90 bits per heavy atom. The highest BCUT2D eigenvalue weighted by molar-refractivity contribution is 6.31. The van der Waals surface area contributed by atoms with Crippen LogP contribution in [-0.2, 0) is 4.79 Å². The molecule has 1 N–H and O–H groups in total. The van der Waals surface area contributed by atoms with E-state index in [9.17, 15) is 14.7 Å². The monoisotopic (exact) mass is 295 g/mol. The molecule has 0 radical (unpaired) electrons. The normalized spacial score (nSPS) is 17.9. The zero-order valence-corrected chi connectivity index (χ0v) is 12.4. The van der Waals surface area contributed by atoms with E-state index < -0.39 is 11.4 Å². The molecule has 1 aliphatic heterocycles. The molecule has 0 spiro atoms. The minimum atomic E-state index is -0.785. The summed E-state index contributed by atoms with van der Waals surface area (Å²) in [6, 6.07) is 5.20. The van der Waals surface area contributed by atoms with Crippen LogP contribution in [0.1, 0.15) is 35.7 Å². The van der Waals surface area contributed by atoms with Crippen molar-refractivity contribution in [2.75, 3.05) is 13.1 Å². The molecule has 1 saturated heterocycles. The molecule has 1 fully saturated rings. The number of carbonyl (C=O) groups is 2. The van der Waals surface area contributed by atoms with Gasteiger partial charge in [0.1, 0.15) is 0 Å². The summed E-state index contributed by atoms with van der Waals surface area (Å²) in [5.41, 5.74) is 0.753. The number of hydrogen-bond donors (Lipinski definition) is 1. The molecule has 1 aromatic carbocycles. The van der Waals surface area contributed by atoms with Crippen molar-refractivity contribution in [2.45, 2.75) is 26.7 Å². The number of aliphatic carboxylic acids is 1. The second kappa shape index (κ2) is 5.44. The minimum absolute atomic E-state index is 0.0581. The van der Waals surface area contributed by atoms with Crippen molar-refractivity contribution < 1.29 is 14.7 Å². The maximum absolute atomic E-state index is 12.4. The number of carboxylic acid groups (broad SMARTS) is 1. The number of hydrogen-bond acceptors (Lipinski definition) is 2. The average molecular weight is 296 g/mol. The molecule has 5 heteroatoms. The van der Waals surface area contributed by atoms with Crippen molar-refractivity contribution in [3.05, 3.63) is 34.3 Å². The van der Waals surface area contributed by atoms with Gasteiger partial charge in [0.05, 0.1) is 5.41 Å². The van der Waals surface area contributed by atoms with Gasteiger partial charge in [-0.3, -0.25) is 9.59 Å². The lowest BCUT2D eigenvalue weighted by Crippen LogP contribution is -2.45. The van der Waals surface area contributed by atoms with Gasteiger partial charge in [0.15, 0.2) is 0 Å². The lowest BCUT2D eigenvalue weighted by molar-refractivity contribution is -0.150. The van der Waals surface area contributed by atoms with Crippen LogP contribution in [0.2, 0.25) is 5.02 Å². The van der Waals surface area contributed by atoms with Crippen LogP contribution in [0.4, 0.5) is 0 Å². The number of halogens is 1. The standard InChI is InChI=1S/C15H18ClNO3/c1-10-9-11(3-4-12(10)16)13(18)17-7-5-15(2,6-8-17)14(19)20/h3-4,9H,5-8H2,1-2H3,(H,19,20). The smallest absolute Gasteiger partial charge is 0.309 e. The summed E-state index contributed by atoms with van der Waals surface area (Å²) in [5, 5.41) is 9.83. The van der Waals surface area contributed by atoms with Gasteiger partial charge in [-0.1, -0.05) is 11.6 Å². The number of aryl methyl sites for hydroxylation is 1. The Bertz CT molecular complexity index is 548. The van der Waals surface area contributed by atoms with Crippen LogP contribution in [-0.4, -0.2) is 35.0 Å². The summed E-state index contributed by atoms with van der Waals surface area (Å²) in [6.07, 6.45) is 0.974. The molecule has 0 aromatic heterocycles. The van der Waals surface area contributed by atoms with Crippen LogP contribution in [0, 0.1) is 12.3 Å². The highest BCUT2D eigenvalue weighted by Crippen LogP contribution is 2.31. The number of benzene rings is 1. The summed E-state index contributed by atoms with van der Waals surface area (Å²) < 4.78 is 0. The Labute approximate surface area is 123 Å². The van der Waals surface area contributed by atoms with E-state index in [-0.39, 0.29) is 5.91 Å². The number of piperidine rings is 1. The third-order valence-electron chi connectivity index (χ3n) is 4.08. The number of amides is 1. The lowest BCUT2D eigenvalue weighted by Gasteiger charge is -2.36. The van der Waals surface area contributed by atoms with Gasteiger partial charge in [-0.2, -0.15) is 0 Å². The van der Waals surface area contributed by atoms with Crippen LogP contribution >= 0.6 is 11.6 Å². The Morgan fingerprint density at radius 1 is 1.30 bits per heavy atom. The zero-order valence-electron chi connectivity index (χ0n) is 11.6. The van der Waals surface area contributed by atoms with Gasteiger partial charge in [0, 0.05) is 23.7 Å². The number of carbonyl (C=O) groups excluding carboxylic acids is 1. The first-order valence-electron chi connectivity index (χ1n) is 6.62. The second-order valence-corrected chi connectivity index (χ2v) is 6.03. The fourth-order valence-electron chi connectivity index (χ4n) is 2.38.